The fourth-order valence-electron chi connectivity index (χ4n) is 3.79. The van der Waals surface area contributed by atoms with E-state index >= 15 is 0 Å². The van der Waals surface area contributed by atoms with Crippen molar-refractivity contribution in [3.05, 3.63) is 0 Å². The lowest BCUT2D eigenvalue weighted by atomic mass is 9.81. The Morgan fingerprint density at radius 3 is 1.95 bits per heavy atom. The average Bonchev–Trinajstić information content (AvgIpc) is 2.31. The first kappa shape index (κ1) is 20.1. The maximum Gasteiger partial charge on any atom is 0.334 e. The highest BCUT2D eigenvalue weighted by atomic mass is 28.4. The van der Waals surface area contributed by atoms with Gasteiger partial charge in [-0.2, -0.15) is 0 Å². The average molecular weight is 332 g/mol. The van der Waals surface area contributed by atoms with Crippen molar-refractivity contribution < 1.29 is 13.6 Å². The zero-order chi connectivity index (χ0) is 16.9. The lowest BCUT2D eigenvalue weighted by Gasteiger charge is -2.46. The van der Waals surface area contributed by atoms with Crippen molar-refractivity contribution in [3.63, 3.8) is 0 Å². The van der Waals surface area contributed by atoms with E-state index in [2.05, 4.69) is 39.6 Å². The van der Waals surface area contributed by atoms with E-state index in [9.17, 15) is 0 Å². The molecule has 1 saturated heterocycles. The third-order valence-electron chi connectivity index (χ3n) is 4.18. The fourth-order valence-corrected chi connectivity index (χ4v) is 6.17. The molecule has 0 aromatic carbocycles. The van der Waals surface area contributed by atoms with Crippen LogP contribution < -0.4 is 5.32 Å². The van der Waals surface area contributed by atoms with Gasteiger partial charge in [-0.25, -0.2) is 0 Å². The molecule has 1 aliphatic heterocycles. The molecule has 1 heterocycles. The van der Waals surface area contributed by atoms with Crippen LogP contribution in [0.25, 0.3) is 0 Å². The Morgan fingerprint density at radius 2 is 1.50 bits per heavy atom. The van der Waals surface area contributed by atoms with Gasteiger partial charge in [-0.05, 0) is 73.4 Å². The van der Waals surface area contributed by atoms with Gasteiger partial charge >= 0.3 is 8.56 Å². The maximum absolute atomic E-state index is 6.18. The summed E-state index contributed by atoms with van der Waals surface area (Å²) in [5, 5.41) is 3.70. The second kappa shape index (κ2) is 8.24. The van der Waals surface area contributed by atoms with Gasteiger partial charge in [0.05, 0.1) is 6.10 Å². The van der Waals surface area contributed by atoms with Crippen molar-refractivity contribution in [2.75, 3.05) is 19.8 Å². The van der Waals surface area contributed by atoms with E-state index < -0.39 is 8.56 Å². The number of piperidine rings is 1. The van der Waals surface area contributed by atoms with Crippen molar-refractivity contribution in [2.45, 2.75) is 90.6 Å². The Morgan fingerprint density at radius 1 is 1.00 bits per heavy atom. The first-order valence-corrected chi connectivity index (χ1v) is 11.3. The molecule has 0 spiro atoms. The Balaban J connectivity index is 2.37. The third-order valence-corrected chi connectivity index (χ3v) is 7.24. The van der Waals surface area contributed by atoms with Crippen molar-refractivity contribution in [2.24, 2.45) is 0 Å². The van der Waals surface area contributed by atoms with E-state index in [1.807, 2.05) is 13.8 Å². The smallest absolute Gasteiger partial charge is 0.334 e. The molecule has 0 saturated carbocycles. The SMILES string of the molecule is CCO[Si](C)(CCCOC1CC(C)(C)NC(C)(C)C1)OCC. The molecule has 0 atom stereocenters. The van der Waals surface area contributed by atoms with Crippen LogP contribution in [0.2, 0.25) is 12.6 Å². The van der Waals surface area contributed by atoms with E-state index in [1.54, 1.807) is 0 Å². The van der Waals surface area contributed by atoms with Gasteiger partial charge in [0.25, 0.3) is 0 Å². The van der Waals surface area contributed by atoms with Crippen LogP contribution in [0, 0.1) is 0 Å². The number of hydrogen-bond donors (Lipinski definition) is 1. The van der Waals surface area contributed by atoms with E-state index in [0.29, 0.717) is 6.10 Å². The summed E-state index contributed by atoms with van der Waals surface area (Å²) in [5.74, 6) is 0. The minimum absolute atomic E-state index is 0.145. The highest BCUT2D eigenvalue weighted by Gasteiger charge is 2.38. The highest BCUT2D eigenvalue weighted by molar-refractivity contribution is 6.66. The first-order chi connectivity index (χ1) is 10.1. The van der Waals surface area contributed by atoms with Gasteiger partial charge in [0.1, 0.15) is 0 Å². The molecule has 1 rings (SSSR count). The summed E-state index contributed by atoms with van der Waals surface area (Å²) in [4.78, 5) is 0. The molecule has 0 aromatic rings. The molecule has 0 bridgehead atoms. The van der Waals surface area contributed by atoms with Crippen LogP contribution in [0.4, 0.5) is 0 Å². The van der Waals surface area contributed by atoms with Crippen LogP contribution in [0.5, 0.6) is 0 Å². The quantitative estimate of drug-likeness (QED) is 0.514. The fraction of sp³-hybridized carbons (Fsp3) is 1.00. The molecular formula is C17H37NO3Si. The Kier molecular flexibility index (Phi) is 7.53. The van der Waals surface area contributed by atoms with E-state index in [0.717, 1.165) is 45.1 Å². The predicted octanol–water partition coefficient (Wildman–Crippen LogP) is 3.85. The molecule has 22 heavy (non-hydrogen) atoms. The van der Waals surface area contributed by atoms with Gasteiger partial charge in [0.2, 0.25) is 0 Å². The van der Waals surface area contributed by atoms with Gasteiger partial charge < -0.3 is 18.9 Å². The van der Waals surface area contributed by atoms with Gasteiger partial charge in [0.15, 0.2) is 0 Å². The van der Waals surface area contributed by atoms with Crippen LogP contribution in [0.3, 0.4) is 0 Å². The molecule has 0 amide bonds. The van der Waals surface area contributed by atoms with Crippen molar-refractivity contribution in [3.8, 4) is 0 Å². The molecule has 0 unspecified atom stereocenters. The second-order valence-electron chi connectivity index (χ2n) is 7.90. The van der Waals surface area contributed by atoms with Crippen LogP contribution in [-0.4, -0.2) is 45.6 Å². The molecular weight excluding hydrogens is 294 g/mol. The Hall–Kier alpha value is 0.0569. The largest absolute Gasteiger partial charge is 0.395 e. The topological polar surface area (TPSA) is 39.7 Å². The predicted molar refractivity (Wildman–Crippen MR) is 94.6 cm³/mol. The number of ether oxygens (including phenoxy) is 1. The number of nitrogens with one attached hydrogen (secondary N) is 1. The van der Waals surface area contributed by atoms with Gasteiger partial charge in [-0.1, -0.05) is 0 Å². The van der Waals surface area contributed by atoms with Gasteiger partial charge in [-0.15, -0.1) is 0 Å². The van der Waals surface area contributed by atoms with Crippen LogP contribution in [-0.2, 0) is 13.6 Å². The van der Waals surface area contributed by atoms with Crippen LogP contribution in [0.15, 0.2) is 0 Å². The zero-order valence-electron chi connectivity index (χ0n) is 15.8. The standard InChI is InChI=1S/C17H37NO3Si/c1-8-20-22(7,21-9-2)12-10-11-19-15-13-16(3,4)18-17(5,6)14-15/h15,18H,8-14H2,1-7H3. The second-order valence-corrected chi connectivity index (χ2v) is 11.2. The molecule has 0 radical (unpaired) electrons. The number of rotatable bonds is 9. The molecule has 1 aliphatic rings. The van der Waals surface area contributed by atoms with Gasteiger partial charge in [-0.3, -0.25) is 0 Å². The molecule has 4 nitrogen and oxygen atoms in total. The summed E-state index contributed by atoms with van der Waals surface area (Å²) in [5.41, 5.74) is 0.290. The highest BCUT2D eigenvalue weighted by Crippen LogP contribution is 2.30. The van der Waals surface area contributed by atoms with Crippen molar-refractivity contribution in [1.82, 2.24) is 5.32 Å². The minimum atomic E-state index is -1.99. The minimum Gasteiger partial charge on any atom is -0.395 e. The Bertz CT molecular complexity index is 312. The summed E-state index contributed by atoms with van der Waals surface area (Å²) in [6, 6.07) is 1.01. The number of hydrogen-bond acceptors (Lipinski definition) is 4. The molecule has 0 aliphatic carbocycles. The summed E-state index contributed by atoms with van der Waals surface area (Å²) in [7, 11) is -1.99. The summed E-state index contributed by atoms with van der Waals surface area (Å²) < 4.78 is 17.9. The summed E-state index contributed by atoms with van der Waals surface area (Å²) in [6.07, 6.45) is 3.51. The van der Waals surface area contributed by atoms with E-state index in [-0.39, 0.29) is 11.1 Å². The summed E-state index contributed by atoms with van der Waals surface area (Å²) >= 11 is 0. The van der Waals surface area contributed by atoms with E-state index in [4.69, 9.17) is 13.6 Å². The van der Waals surface area contributed by atoms with Gasteiger partial charge in [0, 0.05) is 30.9 Å². The maximum atomic E-state index is 6.18. The van der Waals surface area contributed by atoms with Crippen molar-refractivity contribution >= 4 is 8.56 Å². The lowest BCUT2D eigenvalue weighted by Crippen LogP contribution is -2.59. The molecule has 1 fully saturated rings. The monoisotopic (exact) mass is 331 g/mol. The normalized spacial score (nSPS) is 22.0. The first-order valence-electron chi connectivity index (χ1n) is 8.80. The zero-order valence-corrected chi connectivity index (χ0v) is 16.8. The van der Waals surface area contributed by atoms with E-state index in [1.165, 1.54) is 0 Å². The molecule has 5 heteroatoms. The van der Waals surface area contributed by atoms with Crippen LogP contribution in [0.1, 0.15) is 60.8 Å². The molecule has 132 valence electrons. The lowest BCUT2D eigenvalue weighted by molar-refractivity contribution is -0.0219. The third kappa shape index (κ3) is 7.09. The van der Waals surface area contributed by atoms with Crippen molar-refractivity contribution in [1.29, 1.82) is 0 Å². The Labute approximate surface area is 138 Å². The molecule has 0 aromatic heterocycles. The van der Waals surface area contributed by atoms with Crippen LogP contribution >= 0.6 is 0 Å². The molecule has 1 N–H and O–H groups in total. The summed E-state index contributed by atoms with van der Waals surface area (Å²) in [6.45, 7) is 17.6.